The molecular weight excluding hydrogens is 338 g/mol. The first-order valence-corrected chi connectivity index (χ1v) is 8.53. The van der Waals surface area contributed by atoms with Crippen molar-refractivity contribution in [3.8, 4) is 0 Å². The molecule has 0 aliphatic carbocycles. The number of amides is 1. The van der Waals surface area contributed by atoms with Crippen LogP contribution in [-0.4, -0.2) is 42.1 Å². The Morgan fingerprint density at radius 1 is 1.04 bits per heavy atom. The number of nitrogens with two attached hydrogens (primary N) is 1. The number of benzene rings is 2. The zero-order chi connectivity index (χ0) is 17.4. The number of imidazole rings is 1. The molecule has 128 valence electrons. The van der Waals surface area contributed by atoms with Gasteiger partial charge in [0, 0.05) is 42.5 Å². The highest BCUT2D eigenvalue weighted by Gasteiger charge is 2.20. The van der Waals surface area contributed by atoms with E-state index in [1.54, 1.807) is 12.1 Å². The largest absolute Gasteiger partial charge is 0.368 e. The number of carbonyl (C=O) groups is 1. The van der Waals surface area contributed by atoms with Crippen LogP contribution in [-0.2, 0) is 0 Å². The van der Waals surface area contributed by atoms with Crippen LogP contribution in [0.4, 0.5) is 11.6 Å². The number of primary amides is 1. The third-order valence-corrected chi connectivity index (χ3v) is 4.78. The van der Waals surface area contributed by atoms with Crippen molar-refractivity contribution in [3.05, 3.63) is 53.1 Å². The summed E-state index contributed by atoms with van der Waals surface area (Å²) < 4.78 is 0. The SMILES string of the molecule is NC(=O)c1ccc2[nH]c(N3CCN(c4ccc(Cl)cc4)CC3)nc2c1. The fourth-order valence-corrected chi connectivity index (χ4v) is 3.25. The molecule has 25 heavy (non-hydrogen) atoms. The Hall–Kier alpha value is -2.73. The zero-order valence-corrected chi connectivity index (χ0v) is 14.3. The van der Waals surface area contributed by atoms with Gasteiger partial charge in [-0.2, -0.15) is 0 Å². The highest BCUT2D eigenvalue weighted by atomic mass is 35.5. The molecule has 0 unspecified atom stereocenters. The first kappa shape index (κ1) is 15.8. The van der Waals surface area contributed by atoms with Crippen molar-refractivity contribution in [3.63, 3.8) is 0 Å². The summed E-state index contributed by atoms with van der Waals surface area (Å²) in [4.78, 5) is 23.8. The number of halogens is 1. The predicted molar refractivity (Wildman–Crippen MR) is 100 cm³/mol. The van der Waals surface area contributed by atoms with Crippen LogP contribution >= 0.6 is 11.6 Å². The maximum Gasteiger partial charge on any atom is 0.248 e. The molecule has 0 atom stereocenters. The average Bonchev–Trinajstić information content (AvgIpc) is 3.05. The van der Waals surface area contributed by atoms with Gasteiger partial charge in [-0.15, -0.1) is 0 Å². The number of rotatable bonds is 3. The number of nitrogens with one attached hydrogen (secondary N) is 1. The van der Waals surface area contributed by atoms with E-state index in [-0.39, 0.29) is 0 Å². The number of fused-ring (bicyclic) bond motifs is 1. The monoisotopic (exact) mass is 355 g/mol. The summed E-state index contributed by atoms with van der Waals surface area (Å²) in [6.07, 6.45) is 0. The first-order chi connectivity index (χ1) is 12.1. The number of aromatic amines is 1. The Labute approximate surface area is 150 Å². The molecule has 1 aliphatic rings. The van der Waals surface area contributed by atoms with E-state index in [2.05, 4.69) is 19.8 Å². The number of nitrogens with zero attached hydrogens (tertiary/aromatic N) is 3. The minimum Gasteiger partial charge on any atom is -0.368 e. The molecule has 2 aromatic carbocycles. The van der Waals surface area contributed by atoms with E-state index in [0.29, 0.717) is 5.56 Å². The summed E-state index contributed by atoms with van der Waals surface area (Å²) in [5.41, 5.74) is 8.64. The van der Waals surface area contributed by atoms with E-state index in [4.69, 9.17) is 17.3 Å². The van der Waals surface area contributed by atoms with Crippen LogP contribution < -0.4 is 15.5 Å². The van der Waals surface area contributed by atoms with Gasteiger partial charge in [-0.05, 0) is 42.5 Å². The predicted octanol–water partition coefficient (Wildman–Crippen LogP) is 2.64. The highest BCUT2D eigenvalue weighted by Crippen LogP contribution is 2.23. The lowest BCUT2D eigenvalue weighted by atomic mass is 10.2. The maximum atomic E-state index is 11.3. The normalized spacial score (nSPS) is 14.9. The Morgan fingerprint density at radius 3 is 2.40 bits per heavy atom. The Bertz CT molecular complexity index is 913. The Kier molecular flexibility index (Phi) is 3.97. The van der Waals surface area contributed by atoms with Crippen LogP contribution in [0.15, 0.2) is 42.5 Å². The fourth-order valence-electron chi connectivity index (χ4n) is 3.12. The fraction of sp³-hybridized carbons (Fsp3) is 0.222. The average molecular weight is 356 g/mol. The Balaban J connectivity index is 1.49. The number of carbonyl (C=O) groups excluding carboxylic acids is 1. The lowest BCUT2D eigenvalue weighted by Crippen LogP contribution is -2.46. The van der Waals surface area contributed by atoms with Gasteiger partial charge in [-0.1, -0.05) is 11.6 Å². The third kappa shape index (κ3) is 3.13. The molecule has 1 aliphatic heterocycles. The van der Waals surface area contributed by atoms with E-state index < -0.39 is 5.91 Å². The van der Waals surface area contributed by atoms with Crippen molar-refractivity contribution in [2.45, 2.75) is 0 Å². The summed E-state index contributed by atoms with van der Waals surface area (Å²) in [6.45, 7) is 3.55. The van der Waals surface area contributed by atoms with Gasteiger partial charge in [0.1, 0.15) is 0 Å². The molecule has 4 rings (SSSR count). The van der Waals surface area contributed by atoms with E-state index in [9.17, 15) is 4.79 Å². The molecule has 1 saturated heterocycles. The minimum absolute atomic E-state index is 0.442. The second-order valence-corrected chi connectivity index (χ2v) is 6.54. The smallest absolute Gasteiger partial charge is 0.248 e. The van der Waals surface area contributed by atoms with Crippen molar-refractivity contribution >= 4 is 40.2 Å². The van der Waals surface area contributed by atoms with Gasteiger partial charge in [-0.3, -0.25) is 4.79 Å². The number of hydrogen-bond acceptors (Lipinski definition) is 4. The second-order valence-electron chi connectivity index (χ2n) is 6.11. The van der Waals surface area contributed by atoms with E-state index in [1.165, 1.54) is 5.69 Å². The standard InChI is InChI=1S/C18H18ClN5O/c19-13-2-4-14(5-3-13)23-7-9-24(10-8-23)18-21-15-6-1-12(17(20)25)11-16(15)22-18/h1-6,11H,7-10H2,(H2,20,25)(H,21,22). The van der Waals surface area contributed by atoms with Gasteiger partial charge in [0.2, 0.25) is 11.9 Å². The second kappa shape index (κ2) is 6.29. The van der Waals surface area contributed by atoms with Crippen molar-refractivity contribution < 1.29 is 4.79 Å². The van der Waals surface area contributed by atoms with Crippen molar-refractivity contribution in [1.29, 1.82) is 0 Å². The first-order valence-electron chi connectivity index (χ1n) is 8.15. The number of H-pyrrole nitrogens is 1. The topological polar surface area (TPSA) is 78.2 Å². The molecule has 3 aromatic rings. The molecular formula is C18H18ClN5O. The van der Waals surface area contributed by atoms with Crippen LogP contribution in [0.5, 0.6) is 0 Å². The summed E-state index contributed by atoms with van der Waals surface area (Å²) >= 11 is 5.96. The van der Waals surface area contributed by atoms with Gasteiger partial charge in [-0.25, -0.2) is 4.98 Å². The van der Waals surface area contributed by atoms with Crippen LogP contribution in [0.25, 0.3) is 11.0 Å². The van der Waals surface area contributed by atoms with Crippen molar-refractivity contribution in [2.75, 3.05) is 36.0 Å². The van der Waals surface area contributed by atoms with Crippen LogP contribution in [0.3, 0.4) is 0 Å². The van der Waals surface area contributed by atoms with Crippen LogP contribution in [0.2, 0.25) is 5.02 Å². The number of anilines is 2. The molecule has 0 spiro atoms. The van der Waals surface area contributed by atoms with E-state index in [0.717, 1.165) is 48.2 Å². The molecule has 0 radical (unpaired) electrons. The Morgan fingerprint density at radius 2 is 1.72 bits per heavy atom. The molecule has 3 N–H and O–H groups in total. The van der Waals surface area contributed by atoms with Crippen molar-refractivity contribution in [2.24, 2.45) is 5.73 Å². The molecule has 1 fully saturated rings. The van der Waals surface area contributed by atoms with Gasteiger partial charge < -0.3 is 20.5 Å². The minimum atomic E-state index is -0.442. The number of hydrogen-bond donors (Lipinski definition) is 2. The molecule has 0 saturated carbocycles. The van der Waals surface area contributed by atoms with Gasteiger partial charge in [0.25, 0.3) is 0 Å². The molecule has 0 bridgehead atoms. The molecule has 1 aromatic heterocycles. The molecule has 2 heterocycles. The number of piperazine rings is 1. The summed E-state index contributed by atoms with van der Waals surface area (Å²) in [5, 5.41) is 0.750. The summed E-state index contributed by atoms with van der Waals surface area (Å²) in [7, 11) is 0. The highest BCUT2D eigenvalue weighted by molar-refractivity contribution is 6.30. The lowest BCUT2D eigenvalue weighted by Gasteiger charge is -2.36. The van der Waals surface area contributed by atoms with Gasteiger partial charge in [0.05, 0.1) is 11.0 Å². The number of aromatic nitrogens is 2. The lowest BCUT2D eigenvalue weighted by molar-refractivity contribution is 0.100. The van der Waals surface area contributed by atoms with Crippen molar-refractivity contribution in [1.82, 2.24) is 9.97 Å². The van der Waals surface area contributed by atoms with Crippen LogP contribution in [0.1, 0.15) is 10.4 Å². The van der Waals surface area contributed by atoms with Gasteiger partial charge in [0.15, 0.2) is 0 Å². The van der Waals surface area contributed by atoms with E-state index in [1.807, 2.05) is 30.3 Å². The quantitative estimate of drug-likeness (QED) is 0.757. The molecule has 6 nitrogen and oxygen atoms in total. The van der Waals surface area contributed by atoms with Gasteiger partial charge >= 0.3 is 0 Å². The van der Waals surface area contributed by atoms with Crippen LogP contribution in [0, 0.1) is 0 Å². The van der Waals surface area contributed by atoms with E-state index >= 15 is 0 Å². The summed E-state index contributed by atoms with van der Waals surface area (Å²) in [6, 6.07) is 13.2. The molecule has 1 amide bonds. The maximum absolute atomic E-state index is 11.3. The summed E-state index contributed by atoms with van der Waals surface area (Å²) in [5.74, 6) is 0.385. The molecule has 7 heteroatoms. The third-order valence-electron chi connectivity index (χ3n) is 4.53. The zero-order valence-electron chi connectivity index (χ0n) is 13.6.